The van der Waals surface area contributed by atoms with E-state index in [1.807, 2.05) is 44.2 Å². The molecular weight excluding hydrogens is 358 g/mol. The first-order valence-corrected chi connectivity index (χ1v) is 9.62. The Labute approximate surface area is 164 Å². The average Bonchev–Trinajstić information content (AvgIpc) is 2.69. The first kappa shape index (κ1) is 20.5. The minimum Gasteiger partial charge on any atom is -0.342 e. The largest absolute Gasteiger partial charge is 0.342 e. The Balaban J connectivity index is 2.23. The van der Waals surface area contributed by atoms with Gasteiger partial charge >= 0.3 is 0 Å². The highest BCUT2D eigenvalue weighted by atomic mass is 32.2. The second-order valence-electron chi connectivity index (χ2n) is 5.93. The summed E-state index contributed by atoms with van der Waals surface area (Å²) in [6.45, 7) is 5.11. The monoisotopic (exact) mass is 381 g/mol. The maximum absolute atomic E-state index is 12.9. The van der Waals surface area contributed by atoms with Crippen LogP contribution in [0.3, 0.4) is 0 Å². The Bertz CT molecular complexity index is 857. The van der Waals surface area contributed by atoms with E-state index in [1.165, 1.54) is 16.7 Å². The zero-order valence-electron chi connectivity index (χ0n) is 15.8. The molecule has 2 aromatic carbocycles. The molecule has 0 aliphatic rings. The number of amides is 2. The summed E-state index contributed by atoms with van der Waals surface area (Å²) in [5.74, 6) is -0.288. The quantitative estimate of drug-likeness (QED) is 0.734. The van der Waals surface area contributed by atoms with Crippen LogP contribution in [-0.4, -0.2) is 48.3 Å². The fraction of sp³-hybridized carbons (Fsp3) is 0.286. The molecule has 0 aliphatic carbocycles. The predicted molar refractivity (Wildman–Crippen MR) is 107 cm³/mol. The van der Waals surface area contributed by atoms with Gasteiger partial charge in [0.1, 0.15) is 6.07 Å². The SMILES string of the molecule is CCN(CC)C(=O)CN(C)C(=O)c1ccccc1Sc1ccccc1C#N. The molecule has 0 heterocycles. The number of carbonyl (C=O) groups excluding carboxylic acids is 2. The topological polar surface area (TPSA) is 64.4 Å². The van der Waals surface area contributed by atoms with E-state index in [0.29, 0.717) is 24.2 Å². The van der Waals surface area contributed by atoms with Gasteiger partial charge in [-0.05, 0) is 38.1 Å². The molecule has 0 aromatic heterocycles. The Kier molecular flexibility index (Phi) is 7.44. The average molecular weight is 382 g/mol. The van der Waals surface area contributed by atoms with Gasteiger partial charge in [0.15, 0.2) is 0 Å². The molecule has 6 heteroatoms. The molecule has 0 N–H and O–H groups in total. The molecule has 27 heavy (non-hydrogen) atoms. The van der Waals surface area contributed by atoms with Gasteiger partial charge in [-0.25, -0.2) is 0 Å². The third-order valence-electron chi connectivity index (χ3n) is 4.18. The Morgan fingerprint density at radius 2 is 1.59 bits per heavy atom. The zero-order chi connectivity index (χ0) is 19.8. The lowest BCUT2D eigenvalue weighted by molar-refractivity contribution is -0.131. The van der Waals surface area contributed by atoms with E-state index in [2.05, 4.69) is 6.07 Å². The van der Waals surface area contributed by atoms with Gasteiger partial charge < -0.3 is 9.80 Å². The molecule has 0 aliphatic heterocycles. The summed E-state index contributed by atoms with van der Waals surface area (Å²) in [7, 11) is 1.63. The van der Waals surface area contributed by atoms with Crippen LogP contribution in [0.5, 0.6) is 0 Å². The van der Waals surface area contributed by atoms with Crippen LogP contribution in [0.15, 0.2) is 58.3 Å². The van der Waals surface area contributed by atoms with Crippen LogP contribution in [0, 0.1) is 11.3 Å². The summed E-state index contributed by atoms with van der Waals surface area (Å²) in [4.78, 5) is 29.9. The Hall–Kier alpha value is -2.78. The van der Waals surface area contributed by atoms with E-state index in [-0.39, 0.29) is 18.4 Å². The molecule has 0 saturated heterocycles. The van der Waals surface area contributed by atoms with Crippen LogP contribution < -0.4 is 0 Å². The summed E-state index contributed by atoms with van der Waals surface area (Å²) in [5.41, 5.74) is 1.08. The van der Waals surface area contributed by atoms with Crippen LogP contribution >= 0.6 is 11.8 Å². The van der Waals surface area contributed by atoms with Crippen molar-refractivity contribution in [1.29, 1.82) is 5.26 Å². The molecule has 5 nitrogen and oxygen atoms in total. The smallest absolute Gasteiger partial charge is 0.255 e. The summed E-state index contributed by atoms with van der Waals surface area (Å²) in [6.07, 6.45) is 0. The summed E-state index contributed by atoms with van der Waals surface area (Å²) >= 11 is 1.38. The zero-order valence-corrected chi connectivity index (χ0v) is 16.6. The predicted octanol–water partition coefficient (Wildman–Crippen LogP) is 3.65. The van der Waals surface area contributed by atoms with E-state index in [1.54, 1.807) is 30.1 Å². The van der Waals surface area contributed by atoms with Gasteiger partial charge in [0.25, 0.3) is 5.91 Å². The van der Waals surface area contributed by atoms with Crippen molar-refractivity contribution in [3.05, 3.63) is 59.7 Å². The number of carbonyl (C=O) groups is 2. The molecule has 0 atom stereocenters. The van der Waals surface area contributed by atoms with Crippen LogP contribution in [0.25, 0.3) is 0 Å². The van der Waals surface area contributed by atoms with E-state index in [9.17, 15) is 14.9 Å². The molecule has 2 aromatic rings. The van der Waals surface area contributed by atoms with Gasteiger partial charge in [0, 0.05) is 29.9 Å². The van der Waals surface area contributed by atoms with Crippen molar-refractivity contribution in [2.24, 2.45) is 0 Å². The van der Waals surface area contributed by atoms with Crippen LogP contribution in [0.4, 0.5) is 0 Å². The third-order valence-corrected chi connectivity index (χ3v) is 5.33. The first-order valence-electron chi connectivity index (χ1n) is 8.81. The van der Waals surface area contributed by atoms with Crippen molar-refractivity contribution < 1.29 is 9.59 Å². The van der Waals surface area contributed by atoms with Crippen molar-refractivity contribution in [1.82, 2.24) is 9.80 Å². The number of hydrogen-bond donors (Lipinski definition) is 0. The molecule has 0 radical (unpaired) electrons. The lowest BCUT2D eigenvalue weighted by Gasteiger charge is -2.23. The number of nitrogens with zero attached hydrogens (tertiary/aromatic N) is 3. The standard InChI is InChI=1S/C21H23N3O2S/c1-4-24(5-2)20(25)15-23(3)21(26)17-11-7-9-13-19(17)27-18-12-8-6-10-16(18)14-22/h6-13H,4-5,15H2,1-3H3. The normalized spacial score (nSPS) is 10.1. The van der Waals surface area contributed by atoms with Crippen LogP contribution in [0.1, 0.15) is 29.8 Å². The molecule has 0 unspecified atom stereocenters. The number of hydrogen-bond acceptors (Lipinski definition) is 4. The van der Waals surface area contributed by atoms with Crippen molar-refractivity contribution in [2.45, 2.75) is 23.6 Å². The molecule has 0 bridgehead atoms. The van der Waals surface area contributed by atoms with E-state index in [0.717, 1.165) is 9.79 Å². The van der Waals surface area contributed by atoms with E-state index >= 15 is 0 Å². The van der Waals surface area contributed by atoms with Crippen molar-refractivity contribution >= 4 is 23.6 Å². The lowest BCUT2D eigenvalue weighted by atomic mass is 10.2. The third kappa shape index (κ3) is 5.11. The fourth-order valence-corrected chi connectivity index (χ4v) is 3.67. The molecule has 0 spiro atoms. The Morgan fingerprint density at radius 3 is 2.22 bits per heavy atom. The number of rotatable bonds is 7. The molecule has 0 fully saturated rings. The van der Waals surface area contributed by atoms with Crippen LogP contribution in [-0.2, 0) is 4.79 Å². The van der Waals surface area contributed by atoms with Gasteiger partial charge in [-0.3, -0.25) is 9.59 Å². The highest BCUT2D eigenvalue weighted by Crippen LogP contribution is 2.33. The van der Waals surface area contributed by atoms with E-state index in [4.69, 9.17) is 0 Å². The number of likely N-dealkylation sites (N-methyl/N-ethyl adjacent to an activating group) is 2. The highest BCUT2D eigenvalue weighted by molar-refractivity contribution is 7.99. The van der Waals surface area contributed by atoms with Gasteiger partial charge in [-0.15, -0.1) is 0 Å². The minimum atomic E-state index is -0.215. The molecule has 2 amide bonds. The maximum Gasteiger partial charge on any atom is 0.255 e. The van der Waals surface area contributed by atoms with Gasteiger partial charge in [-0.1, -0.05) is 36.0 Å². The minimum absolute atomic E-state index is 0.0360. The van der Waals surface area contributed by atoms with E-state index < -0.39 is 0 Å². The molecule has 140 valence electrons. The number of nitriles is 1. The van der Waals surface area contributed by atoms with Crippen molar-refractivity contribution in [3.63, 3.8) is 0 Å². The summed E-state index contributed by atoms with van der Waals surface area (Å²) in [6, 6.07) is 16.7. The molecular formula is C21H23N3O2S. The second kappa shape index (κ2) is 9.79. The van der Waals surface area contributed by atoms with Gasteiger partial charge in [0.05, 0.1) is 17.7 Å². The summed E-state index contributed by atoms with van der Waals surface area (Å²) in [5, 5.41) is 9.28. The van der Waals surface area contributed by atoms with Crippen molar-refractivity contribution in [2.75, 3.05) is 26.7 Å². The van der Waals surface area contributed by atoms with Crippen molar-refractivity contribution in [3.8, 4) is 6.07 Å². The first-order chi connectivity index (χ1) is 13.0. The second-order valence-corrected chi connectivity index (χ2v) is 7.02. The van der Waals surface area contributed by atoms with Crippen LogP contribution in [0.2, 0.25) is 0 Å². The van der Waals surface area contributed by atoms with Gasteiger partial charge in [-0.2, -0.15) is 5.26 Å². The summed E-state index contributed by atoms with van der Waals surface area (Å²) < 4.78 is 0. The molecule has 2 rings (SSSR count). The lowest BCUT2D eigenvalue weighted by Crippen LogP contribution is -2.41. The maximum atomic E-state index is 12.9. The molecule has 0 saturated carbocycles. The number of benzene rings is 2. The fourth-order valence-electron chi connectivity index (χ4n) is 2.66. The van der Waals surface area contributed by atoms with Gasteiger partial charge in [0.2, 0.25) is 5.91 Å². The highest BCUT2D eigenvalue weighted by Gasteiger charge is 2.20. The Morgan fingerprint density at radius 1 is 1.00 bits per heavy atom.